The number of benzene rings is 2. The van der Waals surface area contributed by atoms with Crippen LogP contribution in [0.25, 0.3) is 10.9 Å². The molecule has 0 amide bonds. The van der Waals surface area contributed by atoms with Gasteiger partial charge in [0.25, 0.3) is 0 Å². The summed E-state index contributed by atoms with van der Waals surface area (Å²) < 4.78 is 4.92. The molecule has 0 aliphatic heterocycles. The summed E-state index contributed by atoms with van der Waals surface area (Å²) in [6.07, 6.45) is 3.59. The number of carbonyl (C=O) groups excluding carboxylic acids is 2. The highest BCUT2D eigenvalue weighted by Gasteiger charge is 2.13. The number of rotatable bonds is 6. The number of fused-ring (bicyclic) bond motifs is 1. The first kappa shape index (κ1) is 16.0. The van der Waals surface area contributed by atoms with Gasteiger partial charge in [-0.05, 0) is 30.0 Å². The van der Waals surface area contributed by atoms with E-state index < -0.39 is 11.9 Å². The summed E-state index contributed by atoms with van der Waals surface area (Å²) in [5.74, 6) is -0.972. The van der Waals surface area contributed by atoms with E-state index in [-0.39, 0.29) is 12.8 Å². The van der Waals surface area contributed by atoms with Crippen LogP contribution in [-0.2, 0) is 27.2 Å². The van der Waals surface area contributed by atoms with Crippen molar-refractivity contribution in [1.82, 2.24) is 4.98 Å². The van der Waals surface area contributed by atoms with Crippen molar-refractivity contribution in [2.45, 2.75) is 25.7 Å². The van der Waals surface area contributed by atoms with Crippen molar-refractivity contribution in [1.29, 1.82) is 0 Å². The van der Waals surface area contributed by atoms with E-state index in [4.69, 9.17) is 4.74 Å². The normalized spacial score (nSPS) is 10.7. The Bertz CT molecular complexity index is 836. The summed E-state index contributed by atoms with van der Waals surface area (Å²) in [5.41, 5.74) is 2.98. The van der Waals surface area contributed by atoms with Gasteiger partial charge in [0.2, 0.25) is 0 Å². The minimum absolute atomic E-state index is 0.0917. The smallest absolute Gasteiger partial charge is 0.317 e. The number of esters is 2. The number of carbonyl (C=O) groups is 2. The molecule has 0 unspecified atom stereocenters. The lowest BCUT2D eigenvalue weighted by Crippen LogP contribution is -2.14. The Morgan fingerprint density at radius 1 is 0.917 bits per heavy atom. The highest BCUT2D eigenvalue weighted by atomic mass is 16.6. The van der Waals surface area contributed by atoms with E-state index in [2.05, 4.69) is 4.98 Å². The van der Waals surface area contributed by atoms with Crippen molar-refractivity contribution in [3.8, 4) is 0 Å². The molecule has 0 bridgehead atoms. The second-order valence-electron chi connectivity index (χ2n) is 5.72. The summed E-state index contributed by atoms with van der Waals surface area (Å²) in [6.45, 7) is 0. The lowest BCUT2D eigenvalue weighted by molar-refractivity contribution is -0.159. The Morgan fingerprint density at radius 3 is 2.50 bits per heavy atom. The van der Waals surface area contributed by atoms with Crippen molar-refractivity contribution < 1.29 is 14.3 Å². The Balaban J connectivity index is 1.47. The molecule has 0 aliphatic rings. The number of hydrogen-bond acceptors (Lipinski definition) is 3. The number of nitrogens with one attached hydrogen (secondary N) is 1. The summed E-state index contributed by atoms with van der Waals surface area (Å²) in [5, 5.41) is 0.978. The van der Waals surface area contributed by atoms with E-state index in [1.54, 1.807) is 6.20 Å². The molecule has 4 nitrogen and oxygen atoms in total. The molecule has 1 N–H and O–H groups in total. The van der Waals surface area contributed by atoms with Gasteiger partial charge in [0.05, 0.1) is 6.42 Å². The van der Waals surface area contributed by atoms with Crippen LogP contribution in [-0.4, -0.2) is 16.9 Å². The van der Waals surface area contributed by atoms with Gasteiger partial charge in [0.1, 0.15) is 0 Å². The number of para-hydroxylation sites is 1. The highest BCUT2D eigenvalue weighted by molar-refractivity contribution is 5.91. The Hall–Kier alpha value is -2.88. The van der Waals surface area contributed by atoms with Crippen molar-refractivity contribution in [2.24, 2.45) is 0 Å². The molecule has 1 heterocycles. The van der Waals surface area contributed by atoms with E-state index >= 15 is 0 Å². The van der Waals surface area contributed by atoms with E-state index in [0.29, 0.717) is 6.42 Å². The third-order valence-electron chi connectivity index (χ3n) is 3.93. The first-order valence-corrected chi connectivity index (χ1v) is 8.05. The third kappa shape index (κ3) is 4.10. The van der Waals surface area contributed by atoms with E-state index in [1.807, 2.05) is 54.6 Å². The molecule has 0 saturated carbocycles. The fourth-order valence-electron chi connectivity index (χ4n) is 2.73. The van der Waals surface area contributed by atoms with Crippen LogP contribution < -0.4 is 0 Å². The standard InChI is InChI=1S/C20H19NO3/c22-19(12-6-9-15-7-2-1-3-8-15)24-20(23)13-16-14-21-18-11-5-4-10-17(16)18/h1-5,7-8,10-11,14,21H,6,9,12-13H2. The van der Waals surface area contributed by atoms with Crippen LogP contribution in [0.4, 0.5) is 0 Å². The minimum Gasteiger partial charge on any atom is -0.393 e. The molecule has 2 aromatic carbocycles. The van der Waals surface area contributed by atoms with E-state index in [1.165, 1.54) is 5.56 Å². The number of H-pyrrole nitrogens is 1. The van der Waals surface area contributed by atoms with Crippen LogP contribution in [0.5, 0.6) is 0 Å². The Morgan fingerprint density at radius 2 is 1.67 bits per heavy atom. The average molecular weight is 321 g/mol. The van der Waals surface area contributed by atoms with Gasteiger partial charge >= 0.3 is 11.9 Å². The fourth-order valence-corrected chi connectivity index (χ4v) is 2.73. The first-order chi connectivity index (χ1) is 11.7. The monoisotopic (exact) mass is 321 g/mol. The van der Waals surface area contributed by atoms with E-state index in [0.717, 1.165) is 22.9 Å². The van der Waals surface area contributed by atoms with Crippen LogP contribution in [0.2, 0.25) is 0 Å². The van der Waals surface area contributed by atoms with Crippen LogP contribution in [0.15, 0.2) is 60.8 Å². The summed E-state index contributed by atoms with van der Waals surface area (Å²) in [4.78, 5) is 26.8. The molecule has 1 aromatic heterocycles. The van der Waals surface area contributed by atoms with Crippen LogP contribution in [0.1, 0.15) is 24.0 Å². The van der Waals surface area contributed by atoms with Crippen molar-refractivity contribution in [3.63, 3.8) is 0 Å². The van der Waals surface area contributed by atoms with Gasteiger partial charge < -0.3 is 9.72 Å². The van der Waals surface area contributed by atoms with Gasteiger partial charge in [-0.15, -0.1) is 0 Å². The largest absolute Gasteiger partial charge is 0.393 e. The lowest BCUT2D eigenvalue weighted by Gasteiger charge is -2.03. The third-order valence-corrected chi connectivity index (χ3v) is 3.93. The fraction of sp³-hybridized carbons (Fsp3) is 0.200. The van der Waals surface area contributed by atoms with Crippen molar-refractivity contribution in [3.05, 3.63) is 71.9 Å². The number of hydrogen-bond donors (Lipinski definition) is 1. The molecule has 24 heavy (non-hydrogen) atoms. The van der Waals surface area contributed by atoms with Crippen molar-refractivity contribution in [2.75, 3.05) is 0 Å². The molecule has 0 aliphatic carbocycles. The molecule has 3 rings (SSSR count). The number of aromatic nitrogens is 1. The predicted octanol–water partition coefficient (Wildman–Crippen LogP) is 3.80. The molecule has 4 heteroatoms. The molecule has 0 radical (unpaired) electrons. The summed E-state index contributed by atoms with van der Waals surface area (Å²) in [7, 11) is 0. The molecular formula is C20H19NO3. The zero-order valence-electron chi connectivity index (χ0n) is 13.3. The van der Waals surface area contributed by atoms with Gasteiger partial charge in [0, 0.05) is 23.5 Å². The predicted molar refractivity (Wildman–Crippen MR) is 92.5 cm³/mol. The maximum absolute atomic E-state index is 11.9. The van der Waals surface area contributed by atoms with Gasteiger partial charge in [-0.2, -0.15) is 0 Å². The molecule has 122 valence electrons. The van der Waals surface area contributed by atoms with Crippen LogP contribution >= 0.6 is 0 Å². The molecule has 0 spiro atoms. The highest BCUT2D eigenvalue weighted by Crippen LogP contribution is 2.18. The number of aryl methyl sites for hydroxylation is 1. The summed E-state index contributed by atoms with van der Waals surface area (Å²) >= 11 is 0. The zero-order chi connectivity index (χ0) is 16.8. The summed E-state index contributed by atoms with van der Waals surface area (Å²) in [6, 6.07) is 17.7. The SMILES string of the molecule is O=C(CCCc1ccccc1)OC(=O)Cc1c[nH]c2ccccc12. The maximum atomic E-state index is 11.9. The van der Waals surface area contributed by atoms with Gasteiger partial charge in [-0.25, -0.2) is 0 Å². The van der Waals surface area contributed by atoms with Gasteiger partial charge in [-0.1, -0.05) is 48.5 Å². The zero-order valence-corrected chi connectivity index (χ0v) is 13.3. The number of aromatic amines is 1. The molecular weight excluding hydrogens is 302 g/mol. The number of ether oxygens (including phenoxy) is 1. The Labute approximate surface area is 140 Å². The molecule has 0 atom stereocenters. The lowest BCUT2D eigenvalue weighted by atomic mass is 10.1. The van der Waals surface area contributed by atoms with Crippen LogP contribution in [0.3, 0.4) is 0 Å². The Kier molecular flexibility index (Phi) is 5.06. The van der Waals surface area contributed by atoms with Gasteiger partial charge in [-0.3, -0.25) is 9.59 Å². The van der Waals surface area contributed by atoms with E-state index in [9.17, 15) is 9.59 Å². The second kappa shape index (κ2) is 7.59. The van der Waals surface area contributed by atoms with Gasteiger partial charge in [0.15, 0.2) is 0 Å². The average Bonchev–Trinajstić information content (AvgIpc) is 2.99. The second-order valence-corrected chi connectivity index (χ2v) is 5.72. The molecule has 0 saturated heterocycles. The first-order valence-electron chi connectivity index (χ1n) is 8.05. The quantitative estimate of drug-likeness (QED) is 0.555. The van der Waals surface area contributed by atoms with Crippen LogP contribution in [0, 0.1) is 0 Å². The molecule has 3 aromatic rings. The van der Waals surface area contributed by atoms with Crippen molar-refractivity contribution >= 4 is 22.8 Å². The topological polar surface area (TPSA) is 59.2 Å². The minimum atomic E-state index is -0.510. The maximum Gasteiger partial charge on any atom is 0.317 e. The molecule has 0 fully saturated rings.